The summed E-state index contributed by atoms with van der Waals surface area (Å²) in [6, 6.07) is 11.2. The molecule has 2 aliphatic heterocycles. The van der Waals surface area contributed by atoms with Gasteiger partial charge in [-0.25, -0.2) is 0 Å². The number of rotatable bonds is 3. The van der Waals surface area contributed by atoms with E-state index in [1.165, 1.54) is 0 Å². The SMILES string of the molecule is Cc1cc2c(cc1O)CC1C(=O)N(CCc3ccc(Cl)cc3)C(=S)N1C2. The number of benzene rings is 2. The van der Waals surface area contributed by atoms with Gasteiger partial charge in [0.1, 0.15) is 11.8 Å². The predicted octanol–water partition coefficient (Wildman–Crippen LogP) is 3.45. The maximum absolute atomic E-state index is 12.9. The second-order valence-corrected chi connectivity index (χ2v) is 7.71. The van der Waals surface area contributed by atoms with E-state index in [-0.39, 0.29) is 17.7 Å². The molecule has 1 amide bonds. The molecule has 0 aromatic heterocycles. The van der Waals surface area contributed by atoms with Gasteiger partial charge >= 0.3 is 0 Å². The van der Waals surface area contributed by atoms with Crippen LogP contribution in [-0.4, -0.2) is 38.5 Å². The summed E-state index contributed by atoms with van der Waals surface area (Å²) < 4.78 is 0. The van der Waals surface area contributed by atoms with Crippen molar-refractivity contribution in [2.75, 3.05) is 6.54 Å². The Bertz CT molecular complexity index is 848. The fraction of sp³-hybridized carbons (Fsp3) is 0.300. The van der Waals surface area contributed by atoms with E-state index in [4.69, 9.17) is 23.8 Å². The zero-order valence-corrected chi connectivity index (χ0v) is 16.0. The highest BCUT2D eigenvalue weighted by atomic mass is 35.5. The summed E-state index contributed by atoms with van der Waals surface area (Å²) >= 11 is 11.5. The van der Waals surface area contributed by atoms with Crippen molar-refractivity contribution < 1.29 is 9.90 Å². The zero-order valence-electron chi connectivity index (χ0n) is 14.4. The molecule has 0 spiro atoms. The first-order chi connectivity index (χ1) is 12.4. The average molecular weight is 387 g/mol. The highest BCUT2D eigenvalue weighted by Gasteiger charge is 2.44. The molecule has 1 atom stereocenters. The molecule has 1 fully saturated rings. The summed E-state index contributed by atoms with van der Waals surface area (Å²) in [5.74, 6) is 0.333. The lowest BCUT2D eigenvalue weighted by atomic mass is 9.93. The molecule has 0 bridgehead atoms. The number of carbonyl (C=O) groups is 1. The fourth-order valence-electron chi connectivity index (χ4n) is 3.70. The van der Waals surface area contributed by atoms with E-state index in [9.17, 15) is 9.90 Å². The molecule has 0 radical (unpaired) electrons. The molecule has 2 aromatic rings. The maximum Gasteiger partial charge on any atom is 0.251 e. The van der Waals surface area contributed by atoms with Crippen LogP contribution in [0.3, 0.4) is 0 Å². The van der Waals surface area contributed by atoms with Gasteiger partial charge in [-0.05, 0) is 66.0 Å². The molecule has 26 heavy (non-hydrogen) atoms. The number of nitrogens with zero attached hydrogens (tertiary/aromatic N) is 2. The van der Waals surface area contributed by atoms with Crippen molar-refractivity contribution in [3.05, 3.63) is 63.7 Å². The Morgan fingerprint density at radius 3 is 2.69 bits per heavy atom. The highest BCUT2D eigenvalue weighted by Crippen LogP contribution is 2.33. The number of amides is 1. The molecule has 0 saturated carbocycles. The van der Waals surface area contributed by atoms with Crippen molar-refractivity contribution >= 4 is 34.8 Å². The Balaban J connectivity index is 1.52. The number of thiocarbonyl (C=S) groups is 1. The summed E-state index contributed by atoms with van der Waals surface area (Å²) in [7, 11) is 0. The lowest BCUT2D eigenvalue weighted by molar-refractivity contribution is -0.128. The Labute approximate surface area is 163 Å². The van der Waals surface area contributed by atoms with Gasteiger partial charge < -0.3 is 10.0 Å². The monoisotopic (exact) mass is 386 g/mol. The van der Waals surface area contributed by atoms with Crippen molar-refractivity contribution in [3.63, 3.8) is 0 Å². The minimum atomic E-state index is -0.262. The number of aryl methyl sites for hydroxylation is 1. The molecule has 1 N–H and O–H groups in total. The number of hydrogen-bond acceptors (Lipinski definition) is 3. The molecule has 2 aromatic carbocycles. The summed E-state index contributed by atoms with van der Waals surface area (Å²) in [6.07, 6.45) is 1.32. The van der Waals surface area contributed by atoms with Crippen LogP contribution in [0.25, 0.3) is 0 Å². The van der Waals surface area contributed by atoms with Gasteiger partial charge in [0, 0.05) is 24.5 Å². The number of halogens is 1. The molecule has 1 saturated heterocycles. The molecular weight excluding hydrogens is 368 g/mol. The van der Waals surface area contributed by atoms with Gasteiger partial charge in [-0.3, -0.25) is 9.69 Å². The van der Waals surface area contributed by atoms with E-state index >= 15 is 0 Å². The van der Waals surface area contributed by atoms with Gasteiger partial charge in [0.05, 0.1) is 0 Å². The molecule has 0 aliphatic carbocycles. The van der Waals surface area contributed by atoms with Crippen LogP contribution in [0.5, 0.6) is 5.75 Å². The Hall–Kier alpha value is -2.11. The summed E-state index contributed by atoms with van der Waals surface area (Å²) in [6.45, 7) is 3.06. The second kappa shape index (κ2) is 6.56. The number of aromatic hydroxyl groups is 1. The quantitative estimate of drug-likeness (QED) is 0.820. The second-order valence-electron chi connectivity index (χ2n) is 6.90. The first kappa shape index (κ1) is 17.3. The lowest BCUT2D eigenvalue weighted by Crippen LogP contribution is -2.40. The Kier molecular flexibility index (Phi) is 4.37. The third-order valence-electron chi connectivity index (χ3n) is 5.21. The first-order valence-electron chi connectivity index (χ1n) is 8.62. The smallest absolute Gasteiger partial charge is 0.251 e. The first-order valence-corrected chi connectivity index (χ1v) is 9.40. The Morgan fingerprint density at radius 2 is 1.96 bits per heavy atom. The predicted molar refractivity (Wildman–Crippen MR) is 105 cm³/mol. The van der Waals surface area contributed by atoms with Crippen LogP contribution < -0.4 is 0 Å². The molecule has 134 valence electrons. The van der Waals surface area contributed by atoms with E-state index in [0.29, 0.717) is 29.6 Å². The summed E-state index contributed by atoms with van der Waals surface area (Å²) in [4.78, 5) is 16.6. The molecule has 6 heteroatoms. The van der Waals surface area contributed by atoms with Crippen LogP contribution in [0.15, 0.2) is 36.4 Å². The van der Waals surface area contributed by atoms with Crippen LogP contribution in [0.4, 0.5) is 0 Å². The molecule has 1 unspecified atom stereocenters. The van der Waals surface area contributed by atoms with Crippen molar-refractivity contribution in [1.82, 2.24) is 9.80 Å². The molecule has 2 aliphatic rings. The van der Waals surface area contributed by atoms with Gasteiger partial charge in [-0.15, -0.1) is 0 Å². The minimum Gasteiger partial charge on any atom is -0.508 e. The highest BCUT2D eigenvalue weighted by molar-refractivity contribution is 7.80. The van der Waals surface area contributed by atoms with Crippen LogP contribution in [0.1, 0.15) is 22.3 Å². The maximum atomic E-state index is 12.9. The lowest BCUT2D eigenvalue weighted by Gasteiger charge is -2.30. The van der Waals surface area contributed by atoms with Crippen LogP contribution >= 0.6 is 23.8 Å². The van der Waals surface area contributed by atoms with Crippen molar-refractivity contribution in [2.45, 2.75) is 32.4 Å². The van der Waals surface area contributed by atoms with Crippen molar-refractivity contribution in [1.29, 1.82) is 0 Å². The topological polar surface area (TPSA) is 43.8 Å². The van der Waals surface area contributed by atoms with Gasteiger partial charge in [0.15, 0.2) is 5.11 Å². The fourth-order valence-corrected chi connectivity index (χ4v) is 4.20. The number of phenols is 1. The number of hydrogen-bond donors (Lipinski definition) is 1. The molecule has 2 heterocycles. The van der Waals surface area contributed by atoms with Crippen LogP contribution in [0, 0.1) is 6.92 Å². The van der Waals surface area contributed by atoms with Crippen LogP contribution in [0.2, 0.25) is 5.02 Å². The van der Waals surface area contributed by atoms with E-state index in [1.807, 2.05) is 42.2 Å². The largest absolute Gasteiger partial charge is 0.508 e. The van der Waals surface area contributed by atoms with E-state index < -0.39 is 0 Å². The van der Waals surface area contributed by atoms with Crippen molar-refractivity contribution in [2.24, 2.45) is 0 Å². The van der Waals surface area contributed by atoms with Crippen molar-refractivity contribution in [3.8, 4) is 5.75 Å². The number of phenolic OH excluding ortho intramolecular Hbond substituents is 1. The van der Waals surface area contributed by atoms with E-state index in [2.05, 4.69) is 0 Å². The standard InChI is InChI=1S/C20H19ClN2O2S/c1-12-8-15-11-23-17(9-14(15)10-18(12)24)19(25)22(20(23)26)7-6-13-2-4-16(21)5-3-13/h2-5,8,10,17,24H,6-7,9,11H2,1H3. The van der Waals surface area contributed by atoms with Gasteiger partial charge in [-0.2, -0.15) is 0 Å². The molecule has 4 nitrogen and oxygen atoms in total. The number of fused-ring (bicyclic) bond motifs is 2. The normalized spacial score (nSPS) is 18.9. The summed E-state index contributed by atoms with van der Waals surface area (Å²) in [5, 5.41) is 11.3. The summed E-state index contributed by atoms with van der Waals surface area (Å²) in [5.41, 5.74) is 4.13. The third-order valence-corrected chi connectivity index (χ3v) is 5.92. The zero-order chi connectivity index (χ0) is 18.4. The number of carbonyl (C=O) groups excluding carboxylic acids is 1. The average Bonchev–Trinajstić information content (AvgIpc) is 2.84. The molecular formula is C20H19ClN2O2S. The van der Waals surface area contributed by atoms with E-state index in [1.54, 1.807) is 11.0 Å². The van der Waals surface area contributed by atoms with Gasteiger partial charge in [-0.1, -0.05) is 29.8 Å². The molecule has 4 rings (SSSR count). The minimum absolute atomic E-state index is 0.0506. The van der Waals surface area contributed by atoms with Gasteiger partial charge in [0.25, 0.3) is 5.91 Å². The Morgan fingerprint density at radius 1 is 1.23 bits per heavy atom. The third kappa shape index (κ3) is 2.95. The van der Waals surface area contributed by atoms with Crippen LogP contribution in [-0.2, 0) is 24.2 Å². The van der Waals surface area contributed by atoms with Gasteiger partial charge in [0.2, 0.25) is 0 Å². The van der Waals surface area contributed by atoms with E-state index in [0.717, 1.165) is 28.7 Å².